The van der Waals surface area contributed by atoms with E-state index in [1.807, 2.05) is 48.5 Å². The van der Waals surface area contributed by atoms with E-state index in [0.717, 1.165) is 11.1 Å². The number of fused-ring (bicyclic) bond motifs is 1. The van der Waals surface area contributed by atoms with Gasteiger partial charge in [-0.05, 0) is 5.56 Å². The Morgan fingerprint density at radius 1 is 0.960 bits per heavy atom. The molecule has 2 aliphatic rings. The van der Waals surface area contributed by atoms with Crippen LogP contribution in [0.3, 0.4) is 0 Å². The van der Waals surface area contributed by atoms with Gasteiger partial charge in [-0.3, -0.25) is 0 Å². The first-order chi connectivity index (χ1) is 12.3. The molecule has 5 atom stereocenters. The highest BCUT2D eigenvalue weighted by Gasteiger charge is 2.43. The van der Waals surface area contributed by atoms with Gasteiger partial charge in [0.25, 0.3) is 0 Å². The molecule has 0 bridgehead atoms. The molecule has 25 heavy (non-hydrogen) atoms. The van der Waals surface area contributed by atoms with Gasteiger partial charge in [-0.2, -0.15) is 0 Å². The minimum absolute atomic E-state index is 0.0384. The molecule has 2 aromatic carbocycles. The molecular weight excluding hydrogens is 316 g/mol. The normalized spacial score (nSPS) is 32.1. The maximum Gasteiger partial charge on any atom is 0.184 e. The molecule has 0 radical (unpaired) electrons. The zero-order valence-electron chi connectivity index (χ0n) is 14.2. The average Bonchev–Trinajstić information content (AvgIpc) is 2.67. The van der Waals surface area contributed by atoms with Crippen LogP contribution < -0.4 is 0 Å². The Morgan fingerprint density at radius 2 is 1.68 bits per heavy atom. The van der Waals surface area contributed by atoms with Crippen LogP contribution in [0.25, 0.3) is 0 Å². The molecule has 0 unspecified atom stereocenters. The monoisotopic (exact) mass is 340 g/mol. The summed E-state index contributed by atoms with van der Waals surface area (Å²) in [5, 5.41) is 10.3. The van der Waals surface area contributed by atoms with E-state index in [0.29, 0.717) is 26.1 Å². The fraction of sp³-hybridized carbons (Fsp3) is 0.429. The summed E-state index contributed by atoms with van der Waals surface area (Å²) in [5.74, 6) is 0.159. The highest BCUT2D eigenvalue weighted by Crippen LogP contribution is 2.38. The lowest BCUT2D eigenvalue weighted by Gasteiger charge is -2.44. The second kappa shape index (κ2) is 7.67. The van der Waals surface area contributed by atoms with Gasteiger partial charge in [-0.15, -0.1) is 0 Å². The smallest absolute Gasteiger partial charge is 0.184 e. The maximum absolute atomic E-state index is 10.3. The fourth-order valence-corrected chi connectivity index (χ4v) is 3.74. The zero-order valence-corrected chi connectivity index (χ0v) is 14.2. The van der Waals surface area contributed by atoms with Crippen LogP contribution in [0.1, 0.15) is 30.3 Å². The van der Waals surface area contributed by atoms with E-state index in [1.165, 1.54) is 0 Å². The van der Waals surface area contributed by atoms with Crippen molar-refractivity contribution in [3.05, 3.63) is 71.8 Å². The van der Waals surface area contributed by atoms with Crippen LogP contribution in [0.15, 0.2) is 60.7 Å². The van der Waals surface area contributed by atoms with E-state index in [2.05, 4.69) is 12.1 Å². The first kappa shape index (κ1) is 16.7. The molecule has 1 N–H and O–H groups in total. The number of benzene rings is 2. The van der Waals surface area contributed by atoms with Crippen LogP contribution >= 0.6 is 0 Å². The number of hydrogen-bond donors (Lipinski definition) is 1. The predicted octanol–water partition coefficient (Wildman–Crippen LogP) is 3.46. The molecule has 2 aromatic rings. The summed E-state index contributed by atoms with van der Waals surface area (Å²) >= 11 is 0. The van der Waals surface area contributed by atoms with Gasteiger partial charge < -0.3 is 19.3 Å². The molecule has 132 valence electrons. The molecule has 1 saturated carbocycles. The van der Waals surface area contributed by atoms with E-state index in [1.54, 1.807) is 0 Å². The van der Waals surface area contributed by atoms with Crippen LogP contribution in [0.4, 0.5) is 0 Å². The first-order valence-corrected chi connectivity index (χ1v) is 8.95. The van der Waals surface area contributed by atoms with Gasteiger partial charge in [0.15, 0.2) is 6.29 Å². The van der Waals surface area contributed by atoms with Gasteiger partial charge in [0.2, 0.25) is 0 Å². The van der Waals surface area contributed by atoms with Crippen molar-refractivity contribution in [2.24, 2.45) is 5.92 Å². The summed E-state index contributed by atoms with van der Waals surface area (Å²) in [7, 11) is 0. The lowest BCUT2D eigenvalue weighted by molar-refractivity contribution is -0.276. The van der Waals surface area contributed by atoms with Crippen molar-refractivity contribution >= 4 is 0 Å². The quantitative estimate of drug-likeness (QED) is 0.926. The number of hydrogen-bond acceptors (Lipinski definition) is 4. The standard InChI is InChI=1S/C21H24O4/c22-17-11-19(23-13-15-7-3-1-4-8-15)18-14-24-21(25-20(18)12-17)16-9-5-2-6-10-16/h1-10,17-22H,11-14H2/t17-,18+,19-,20+,21-/m1/s1. The average molecular weight is 340 g/mol. The Bertz CT molecular complexity index is 652. The van der Waals surface area contributed by atoms with Crippen molar-refractivity contribution < 1.29 is 19.3 Å². The molecule has 0 spiro atoms. The SMILES string of the molecule is O[C@H]1C[C@@H]2O[C@H](c3ccccc3)OC[C@H]2[C@H](OCc2ccccc2)C1. The van der Waals surface area contributed by atoms with Crippen molar-refractivity contribution in [1.82, 2.24) is 0 Å². The number of aliphatic hydroxyl groups is 1. The first-order valence-electron chi connectivity index (χ1n) is 8.95. The number of rotatable bonds is 4. The van der Waals surface area contributed by atoms with Crippen LogP contribution in [-0.2, 0) is 20.8 Å². The van der Waals surface area contributed by atoms with Crippen LogP contribution in [-0.4, -0.2) is 30.0 Å². The second-order valence-electron chi connectivity index (χ2n) is 6.87. The molecule has 4 heteroatoms. The Kier molecular flexibility index (Phi) is 5.13. The molecule has 0 amide bonds. The zero-order chi connectivity index (χ0) is 17.1. The van der Waals surface area contributed by atoms with Crippen LogP contribution in [0.2, 0.25) is 0 Å². The van der Waals surface area contributed by atoms with Gasteiger partial charge in [-0.25, -0.2) is 0 Å². The molecule has 1 aliphatic heterocycles. The van der Waals surface area contributed by atoms with Crippen molar-refractivity contribution in [3.8, 4) is 0 Å². The maximum atomic E-state index is 10.3. The van der Waals surface area contributed by atoms with Crippen molar-refractivity contribution in [1.29, 1.82) is 0 Å². The molecule has 4 rings (SSSR count). The molecular formula is C21H24O4. The van der Waals surface area contributed by atoms with Crippen LogP contribution in [0.5, 0.6) is 0 Å². The topological polar surface area (TPSA) is 47.9 Å². The lowest BCUT2D eigenvalue weighted by Crippen LogP contribution is -2.50. The van der Waals surface area contributed by atoms with E-state index >= 15 is 0 Å². The summed E-state index contributed by atoms with van der Waals surface area (Å²) < 4.78 is 18.3. The largest absolute Gasteiger partial charge is 0.393 e. The van der Waals surface area contributed by atoms with Gasteiger partial charge in [0.05, 0.1) is 31.5 Å². The van der Waals surface area contributed by atoms with Gasteiger partial charge >= 0.3 is 0 Å². The Balaban J connectivity index is 1.41. The van der Waals surface area contributed by atoms with Gasteiger partial charge in [0, 0.05) is 24.3 Å². The third kappa shape index (κ3) is 3.93. The van der Waals surface area contributed by atoms with Gasteiger partial charge in [0.1, 0.15) is 0 Å². The fourth-order valence-electron chi connectivity index (χ4n) is 3.74. The Labute approximate surface area is 148 Å². The summed E-state index contributed by atoms with van der Waals surface area (Å²) in [6, 6.07) is 20.1. The van der Waals surface area contributed by atoms with Crippen LogP contribution in [0, 0.1) is 5.92 Å². The minimum atomic E-state index is -0.392. The number of aliphatic hydroxyl groups excluding tert-OH is 1. The molecule has 1 saturated heterocycles. The van der Waals surface area contributed by atoms with Crippen molar-refractivity contribution in [3.63, 3.8) is 0 Å². The predicted molar refractivity (Wildman–Crippen MR) is 93.8 cm³/mol. The molecule has 0 aromatic heterocycles. The van der Waals surface area contributed by atoms with Crippen molar-refractivity contribution in [2.75, 3.05) is 6.61 Å². The lowest BCUT2D eigenvalue weighted by atomic mass is 9.82. The minimum Gasteiger partial charge on any atom is -0.393 e. The second-order valence-corrected chi connectivity index (χ2v) is 6.87. The molecule has 2 fully saturated rings. The molecule has 1 heterocycles. The highest BCUT2D eigenvalue weighted by molar-refractivity contribution is 5.16. The summed E-state index contributed by atoms with van der Waals surface area (Å²) in [4.78, 5) is 0. The summed E-state index contributed by atoms with van der Waals surface area (Å²) in [5.41, 5.74) is 2.15. The van der Waals surface area contributed by atoms with E-state index < -0.39 is 6.10 Å². The summed E-state index contributed by atoms with van der Waals surface area (Å²) in [6.07, 6.45) is 0.437. The van der Waals surface area contributed by atoms with E-state index in [4.69, 9.17) is 14.2 Å². The number of ether oxygens (including phenoxy) is 3. The molecule has 4 nitrogen and oxygen atoms in total. The van der Waals surface area contributed by atoms with E-state index in [-0.39, 0.29) is 24.4 Å². The Morgan fingerprint density at radius 3 is 2.44 bits per heavy atom. The van der Waals surface area contributed by atoms with Gasteiger partial charge in [-0.1, -0.05) is 60.7 Å². The van der Waals surface area contributed by atoms with Crippen molar-refractivity contribution in [2.45, 2.75) is 44.1 Å². The summed E-state index contributed by atoms with van der Waals surface area (Å²) in [6.45, 7) is 1.14. The Hall–Kier alpha value is -1.72. The van der Waals surface area contributed by atoms with E-state index in [9.17, 15) is 5.11 Å². The third-order valence-electron chi connectivity index (χ3n) is 5.08. The highest BCUT2D eigenvalue weighted by atomic mass is 16.7. The molecule has 1 aliphatic carbocycles. The third-order valence-corrected chi connectivity index (χ3v) is 5.08.